The number of aromatic nitrogens is 2. The molecular formula is C28H38N4O4. The summed E-state index contributed by atoms with van der Waals surface area (Å²) in [4.78, 5) is 44.4. The second-order valence-corrected chi connectivity index (χ2v) is 10.7. The average molecular weight is 495 g/mol. The van der Waals surface area contributed by atoms with E-state index in [2.05, 4.69) is 15.6 Å². The Labute approximate surface area is 212 Å². The van der Waals surface area contributed by atoms with Gasteiger partial charge < -0.3 is 19.9 Å². The van der Waals surface area contributed by atoms with E-state index in [9.17, 15) is 14.4 Å². The Kier molecular flexibility index (Phi) is 8.56. The highest BCUT2D eigenvalue weighted by Gasteiger charge is 2.31. The molecule has 2 aromatic rings. The van der Waals surface area contributed by atoms with E-state index in [1.807, 2.05) is 32.0 Å². The summed E-state index contributed by atoms with van der Waals surface area (Å²) < 4.78 is 7.46. The van der Waals surface area contributed by atoms with Crippen LogP contribution in [-0.4, -0.2) is 45.7 Å². The molecule has 3 heterocycles. The second kappa shape index (κ2) is 11.8. The van der Waals surface area contributed by atoms with Crippen LogP contribution < -0.4 is 16.1 Å². The van der Waals surface area contributed by atoms with Crippen molar-refractivity contribution < 1.29 is 14.3 Å². The molecule has 1 saturated carbocycles. The van der Waals surface area contributed by atoms with Crippen molar-refractivity contribution in [1.82, 2.24) is 20.2 Å². The highest BCUT2D eigenvalue weighted by molar-refractivity contribution is 5.99. The molecule has 36 heavy (non-hydrogen) atoms. The van der Waals surface area contributed by atoms with Gasteiger partial charge in [0.05, 0.1) is 17.8 Å². The lowest BCUT2D eigenvalue weighted by atomic mass is 9.93. The summed E-state index contributed by atoms with van der Waals surface area (Å²) in [6, 6.07) is 5.53. The van der Waals surface area contributed by atoms with Crippen molar-refractivity contribution in [3.63, 3.8) is 0 Å². The fourth-order valence-electron chi connectivity index (χ4n) is 5.21. The smallest absolute Gasteiger partial charge is 0.256 e. The number of carbonyl (C=O) groups is 2. The van der Waals surface area contributed by atoms with Crippen LogP contribution in [-0.2, 0) is 11.3 Å². The van der Waals surface area contributed by atoms with Crippen molar-refractivity contribution in [1.29, 1.82) is 0 Å². The monoisotopic (exact) mass is 494 g/mol. The van der Waals surface area contributed by atoms with E-state index in [-0.39, 0.29) is 28.8 Å². The minimum absolute atomic E-state index is 0.00653. The third-order valence-electron chi connectivity index (χ3n) is 7.11. The molecule has 4 rings (SSSR count). The predicted octanol–water partition coefficient (Wildman–Crippen LogP) is 3.82. The maximum absolute atomic E-state index is 13.4. The Hall–Kier alpha value is -3.00. The van der Waals surface area contributed by atoms with Crippen LogP contribution in [0.1, 0.15) is 98.0 Å². The van der Waals surface area contributed by atoms with Crippen LogP contribution >= 0.6 is 0 Å². The average Bonchev–Trinajstić information content (AvgIpc) is 2.81. The number of amides is 2. The van der Waals surface area contributed by atoms with Crippen molar-refractivity contribution >= 4 is 11.8 Å². The topological polar surface area (TPSA) is 102 Å². The van der Waals surface area contributed by atoms with Crippen LogP contribution in [0, 0.1) is 0 Å². The molecule has 8 nitrogen and oxygen atoms in total. The molecule has 0 unspecified atom stereocenters. The van der Waals surface area contributed by atoms with Crippen molar-refractivity contribution in [2.45, 2.75) is 95.9 Å². The number of pyridine rings is 2. The second-order valence-electron chi connectivity index (χ2n) is 10.7. The summed E-state index contributed by atoms with van der Waals surface area (Å²) in [5.41, 5.74) is -0.146. The van der Waals surface area contributed by atoms with Gasteiger partial charge in [0.1, 0.15) is 11.1 Å². The van der Waals surface area contributed by atoms with Gasteiger partial charge in [0.15, 0.2) is 0 Å². The summed E-state index contributed by atoms with van der Waals surface area (Å²) in [6.45, 7) is 4.87. The Bertz CT molecular complexity index is 1100. The summed E-state index contributed by atoms with van der Waals surface area (Å²) in [7, 11) is 0. The van der Waals surface area contributed by atoms with Gasteiger partial charge in [-0.3, -0.25) is 19.4 Å². The fraction of sp³-hybridized carbons (Fsp3) is 0.571. The number of nitrogens with one attached hydrogen (secondary N) is 2. The molecule has 2 fully saturated rings. The Morgan fingerprint density at radius 3 is 2.22 bits per heavy atom. The van der Waals surface area contributed by atoms with Gasteiger partial charge in [-0.15, -0.1) is 0 Å². The maximum atomic E-state index is 13.4. The number of ether oxygens (including phenoxy) is 1. The van der Waals surface area contributed by atoms with Crippen molar-refractivity contribution in [2.75, 3.05) is 6.61 Å². The van der Waals surface area contributed by atoms with Crippen LogP contribution in [0.4, 0.5) is 0 Å². The van der Waals surface area contributed by atoms with Crippen molar-refractivity contribution in [3.05, 3.63) is 63.8 Å². The number of hydrogen-bond acceptors (Lipinski definition) is 5. The molecule has 1 aliphatic heterocycles. The molecule has 2 aliphatic rings. The molecular weight excluding hydrogens is 456 g/mol. The summed E-state index contributed by atoms with van der Waals surface area (Å²) >= 11 is 0. The van der Waals surface area contributed by atoms with Gasteiger partial charge in [0.25, 0.3) is 11.8 Å². The van der Waals surface area contributed by atoms with Crippen LogP contribution in [0.5, 0.6) is 0 Å². The quantitative estimate of drug-likeness (QED) is 0.636. The molecule has 2 aromatic heterocycles. The number of hydrogen-bond donors (Lipinski definition) is 2. The molecule has 194 valence electrons. The molecule has 2 amide bonds. The zero-order valence-electron chi connectivity index (χ0n) is 21.4. The first-order valence-corrected chi connectivity index (χ1v) is 13.2. The van der Waals surface area contributed by atoms with Crippen LogP contribution in [0.3, 0.4) is 0 Å². The van der Waals surface area contributed by atoms with Gasteiger partial charge in [-0.25, -0.2) is 0 Å². The molecule has 0 bridgehead atoms. The molecule has 8 heteroatoms. The highest BCUT2D eigenvalue weighted by atomic mass is 16.5. The molecule has 1 atom stereocenters. The van der Waals surface area contributed by atoms with Crippen LogP contribution in [0.15, 0.2) is 41.6 Å². The Morgan fingerprint density at radius 2 is 1.61 bits per heavy atom. The van der Waals surface area contributed by atoms with Crippen LogP contribution in [0.2, 0.25) is 0 Å². The minimum atomic E-state index is -0.542. The highest BCUT2D eigenvalue weighted by Crippen LogP contribution is 2.24. The van der Waals surface area contributed by atoms with Gasteiger partial charge in [0, 0.05) is 37.3 Å². The maximum Gasteiger partial charge on any atom is 0.256 e. The zero-order valence-corrected chi connectivity index (χ0v) is 21.4. The third-order valence-corrected chi connectivity index (χ3v) is 7.11. The summed E-state index contributed by atoms with van der Waals surface area (Å²) in [5, 5.41) is 6.08. The van der Waals surface area contributed by atoms with E-state index < -0.39 is 17.2 Å². The standard InChI is InChI=1S/C28H38N4O4/c1-28(2)16-21(13-15-36-28)31-27(35)24-19-32(17-22-12-8-9-14-29-22)18-23(25(24)33)26(34)30-20-10-6-4-3-5-7-11-20/h8-9,12,14,18-21H,3-7,10-11,13,15-17H2,1-2H3,(H,30,34)(H,31,35)/t21-/m1/s1. The summed E-state index contributed by atoms with van der Waals surface area (Å²) in [5.74, 6) is -0.875. The Balaban J connectivity index is 1.60. The molecule has 1 saturated heterocycles. The zero-order chi connectivity index (χ0) is 25.5. The number of nitrogens with zero attached hydrogens (tertiary/aromatic N) is 2. The van der Waals surface area contributed by atoms with Crippen LogP contribution in [0.25, 0.3) is 0 Å². The van der Waals surface area contributed by atoms with Crippen molar-refractivity contribution in [3.8, 4) is 0 Å². The lowest BCUT2D eigenvalue weighted by Crippen LogP contribution is -2.47. The van der Waals surface area contributed by atoms with Gasteiger partial charge in [-0.05, 0) is 51.7 Å². The molecule has 2 N–H and O–H groups in total. The van der Waals surface area contributed by atoms with E-state index in [1.165, 1.54) is 25.5 Å². The minimum Gasteiger partial charge on any atom is -0.375 e. The van der Waals surface area contributed by atoms with E-state index in [4.69, 9.17) is 4.74 Å². The first kappa shape index (κ1) is 26.1. The van der Waals surface area contributed by atoms with Gasteiger partial charge in [-0.1, -0.05) is 38.2 Å². The lowest BCUT2D eigenvalue weighted by Gasteiger charge is -2.35. The summed E-state index contributed by atoms with van der Waals surface area (Å²) in [6.07, 6.45) is 13.6. The number of carbonyl (C=O) groups excluding carboxylic acids is 2. The Morgan fingerprint density at radius 1 is 0.972 bits per heavy atom. The lowest BCUT2D eigenvalue weighted by molar-refractivity contribution is -0.0615. The SMILES string of the molecule is CC1(C)C[C@H](NC(=O)c2cn(Cc3ccccn3)cc(C(=O)NC3CCCCCCC3)c2=O)CCO1. The number of rotatable bonds is 6. The van der Waals surface area contributed by atoms with E-state index >= 15 is 0 Å². The van der Waals surface area contributed by atoms with Gasteiger partial charge in [0.2, 0.25) is 5.43 Å². The van der Waals surface area contributed by atoms with Crippen molar-refractivity contribution in [2.24, 2.45) is 0 Å². The molecule has 0 spiro atoms. The molecule has 1 aliphatic carbocycles. The van der Waals surface area contributed by atoms with E-state index in [1.54, 1.807) is 17.0 Å². The van der Waals surface area contributed by atoms with Gasteiger partial charge >= 0.3 is 0 Å². The largest absolute Gasteiger partial charge is 0.375 e. The molecule has 0 radical (unpaired) electrons. The molecule has 0 aromatic carbocycles. The van der Waals surface area contributed by atoms with E-state index in [0.29, 0.717) is 26.0 Å². The predicted molar refractivity (Wildman–Crippen MR) is 138 cm³/mol. The first-order chi connectivity index (χ1) is 17.3. The first-order valence-electron chi connectivity index (χ1n) is 13.2. The fourth-order valence-corrected chi connectivity index (χ4v) is 5.21. The van der Waals surface area contributed by atoms with E-state index in [0.717, 1.165) is 31.4 Å². The normalized spacial score (nSPS) is 20.7. The van der Waals surface area contributed by atoms with Gasteiger partial charge in [-0.2, -0.15) is 0 Å². The third kappa shape index (κ3) is 7.03.